The molecule has 6 rings (SSSR count). The molecule has 0 atom stereocenters. The molecule has 188 valence electrons. The number of hydrazone groups is 1. The summed E-state index contributed by atoms with van der Waals surface area (Å²) in [6.45, 7) is 0. The average molecular weight is 539 g/mol. The molecular weight excluding hydrogens is 516 g/mol. The Morgan fingerprint density at radius 1 is 0.842 bits per heavy atom. The minimum atomic E-state index is -3.82. The van der Waals surface area contributed by atoms with Crippen LogP contribution in [0.1, 0.15) is 27.8 Å². The fourth-order valence-corrected chi connectivity index (χ4v) is 6.48. The molecule has 7 nitrogen and oxygen atoms in total. The highest BCUT2D eigenvalue weighted by atomic mass is 32.2. The van der Waals surface area contributed by atoms with E-state index >= 15 is 0 Å². The second-order valence-electron chi connectivity index (χ2n) is 8.90. The summed E-state index contributed by atoms with van der Waals surface area (Å²) in [5.74, 6) is -0.400. The Balaban J connectivity index is 1.36. The molecule has 0 bridgehead atoms. The molecule has 4 N–H and O–H groups in total. The number of benzene rings is 4. The zero-order valence-electron chi connectivity index (χ0n) is 20.0. The average Bonchev–Trinajstić information content (AvgIpc) is 3.38. The monoisotopic (exact) mass is 538 g/mol. The van der Waals surface area contributed by atoms with Crippen molar-refractivity contribution in [2.45, 2.75) is 9.77 Å². The van der Waals surface area contributed by atoms with Gasteiger partial charge in [0.2, 0.25) is 10.0 Å². The third-order valence-electron chi connectivity index (χ3n) is 6.50. The lowest BCUT2D eigenvalue weighted by molar-refractivity contribution is -0.110. The number of hydrogen-bond donors (Lipinski definition) is 3. The quantitative estimate of drug-likeness (QED) is 0.348. The number of hydrogen-bond acceptors (Lipinski definition) is 6. The van der Waals surface area contributed by atoms with Crippen LogP contribution in [-0.2, 0) is 19.7 Å². The third kappa shape index (κ3) is 4.20. The fraction of sp³-hybridized carbons (Fsp3) is 0.0345. The van der Waals surface area contributed by atoms with E-state index < -0.39 is 20.8 Å². The summed E-state index contributed by atoms with van der Waals surface area (Å²) in [6.07, 6.45) is 2.18. The van der Waals surface area contributed by atoms with E-state index in [0.29, 0.717) is 5.69 Å². The van der Waals surface area contributed by atoms with Crippen molar-refractivity contribution in [2.75, 3.05) is 5.32 Å². The molecule has 1 spiro atoms. The first-order valence-corrected chi connectivity index (χ1v) is 14.2. The van der Waals surface area contributed by atoms with Crippen LogP contribution in [0.3, 0.4) is 0 Å². The Bertz CT molecular complexity index is 1680. The molecule has 0 fully saturated rings. The van der Waals surface area contributed by atoms with Gasteiger partial charge in [-0.25, -0.2) is 13.6 Å². The number of nitrogens with zero attached hydrogens (tertiary/aromatic N) is 1. The number of nitrogens with one attached hydrogen (secondary N) is 2. The Kier molecular flexibility index (Phi) is 5.91. The van der Waals surface area contributed by atoms with E-state index in [2.05, 4.69) is 58.3 Å². The van der Waals surface area contributed by atoms with Crippen molar-refractivity contribution >= 4 is 50.1 Å². The number of amides is 1. The Labute approximate surface area is 224 Å². The van der Waals surface area contributed by atoms with Crippen LogP contribution in [0.5, 0.6) is 0 Å². The Morgan fingerprint density at radius 2 is 1.42 bits per heavy atom. The van der Waals surface area contributed by atoms with E-state index in [9.17, 15) is 13.2 Å². The van der Waals surface area contributed by atoms with Crippen LogP contribution in [0, 0.1) is 0 Å². The van der Waals surface area contributed by atoms with Crippen molar-refractivity contribution in [2.24, 2.45) is 10.2 Å². The lowest BCUT2D eigenvalue weighted by Crippen LogP contribution is -2.38. The molecule has 0 saturated carbocycles. The van der Waals surface area contributed by atoms with Crippen LogP contribution in [-0.4, -0.2) is 19.4 Å². The van der Waals surface area contributed by atoms with Crippen LogP contribution >= 0.6 is 11.8 Å². The predicted octanol–water partition coefficient (Wildman–Crippen LogP) is 4.73. The van der Waals surface area contributed by atoms with E-state index in [1.807, 2.05) is 42.5 Å². The van der Waals surface area contributed by atoms with Gasteiger partial charge in [0.15, 0.2) is 9.91 Å². The van der Waals surface area contributed by atoms with Crippen molar-refractivity contribution in [3.63, 3.8) is 0 Å². The first-order valence-electron chi connectivity index (χ1n) is 11.8. The van der Waals surface area contributed by atoms with Gasteiger partial charge < -0.3 is 5.32 Å². The lowest BCUT2D eigenvalue weighted by atomic mass is 9.78. The van der Waals surface area contributed by atoms with Gasteiger partial charge in [-0.2, -0.15) is 5.10 Å². The number of sulfonamides is 1. The van der Waals surface area contributed by atoms with Gasteiger partial charge in [0.05, 0.1) is 4.90 Å². The normalized spacial score (nSPS) is 17.7. The van der Waals surface area contributed by atoms with Gasteiger partial charge in [-0.3, -0.25) is 10.2 Å². The summed E-state index contributed by atoms with van der Waals surface area (Å²) >= 11 is 1.35. The van der Waals surface area contributed by atoms with Crippen LogP contribution < -0.4 is 15.9 Å². The van der Waals surface area contributed by atoms with Crippen molar-refractivity contribution in [3.8, 4) is 0 Å². The molecule has 1 amide bonds. The second-order valence-corrected chi connectivity index (χ2v) is 11.7. The third-order valence-corrected chi connectivity index (χ3v) is 8.74. The molecule has 2 aliphatic rings. The number of carbonyl (C=O) groups excluding carboxylic acids is 1. The van der Waals surface area contributed by atoms with E-state index in [0.717, 1.165) is 33.4 Å². The number of anilines is 1. The summed E-state index contributed by atoms with van der Waals surface area (Å²) in [6, 6.07) is 32.2. The van der Waals surface area contributed by atoms with Crippen molar-refractivity contribution in [1.82, 2.24) is 5.43 Å². The second kappa shape index (κ2) is 9.29. The van der Waals surface area contributed by atoms with Crippen LogP contribution in [0.2, 0.25) is 0 Å². The molecule has 0 radical (unpaired) electrons. The van der Waals surface area contributed by atoms with Crippen molar-refractivity contribution in [1.29, 1.82) is 0 Å². The number of nitrogens with two attached hydrogens (primary N) is 1. The van der Waals surface area contributed by atoms with E-state index in [1.54, 1.807) is 0 Å². The molecule has 1 aliphatic carbocycles. The molecule has 4 aromatic rings. The number of primary sulfonamides is 1. The van der Waals surface area contributed by atoms with Crippen LogP contribution in [0.15, 0.2) is 113 Å². The summed E-state index contributed by atoms with van der Waals surface area (Å²) in [7, 11) is -3.82. The predicted molar refractivity (Wildman–Crippen MR) is 152 cm³/mol. The zero-order valence-corrected chi connectivity index (χ0v) is 21.6. The first-order chi connectivity index (χ1) is 18.3. The minimum Gasteiger partial charge on any atom is -0.320 e. The number of carbonyl (C=O) groups is 1. The van der Waals surface area contributed by atoms with Crippen molar-refractivity contribution in [3.05, 3.63) is 131 Å². The highest BCUT2D eigenvalue weighted by molar-refractivity contribution is 8.16. The zero-order chi connectivity index (χ0) is 26.3. The molecule has 4 aromatic carbocycles. The molecule has 0 unspecified atom stereocenters. The van der Waals surface area contributed by atoms with Gasteiger partial charge in [0, 0.05) is 16.8 Å². The topological polar surface area (TPSA) is 114 Å². The highest BCUT2D eigenvalue weighted by Crippen LogP contribution is 2.53. The van der Waals surface area contributed by atoms with E-state index in [1.165, 1.54) is 36.0 Å². The molecule has 0 saturated heterocycles. The van der Waals surface area contributed by atoms with Crippen LogP contribution in [0.4, 0.5) is 5.69 Å². The van der Waals surface area contributed by atoms with Gasteiger partial charge in [-0.1, -0.05) is 90.6 Å². The smallest absolute Gasteiger partial charge is 0.282 e. The lowest BCUT2D eigenvalue weighted by Gasteiger charge is -2.37. The minimum absolute atomic E-state index is 0.0292. The first kappa shape index (κ1) is 24.2. The van der Waals surface area contributed by atoms with Gasteiger partial charge in [0.1, 0.15) is 0 Å². The maximum absolute atomic E-state index is 13.2. The fourth-order valence-electron chi connectivity index (χ4n) is 4.77. The SMILES string of the molecule is NS(=O)(=O)c1ccc(NC(=O)C2=NNC3(S2)c2ccccc2C(=Cc2ccccc2)c2ccccc23)cc1. The largest absolute Gasteiger partial charge is 0.320 e. The molecule has 1 heterocycles. The van der Waals surface area contributed by atoms with Gasteiger partial charge in [-0.05, 0) is 52.6 Å². The summed E-state index contributed by atoms with van der Waals surface area (Å²) in [5, 5.41) is 12.7. The summed E-state index contributed by atoms with van der Waals surface area (Å²) in [4.78, 5) is 12.4. The van der Waals surface area contributed by atoms with E-state index in [4.69, 9.17) is 5.14 Å². The molecule has 0 aromatic heterocycles. The summed E-state index contributed by atoms with van der Waals surface area (Å²) < 4.78 is 23.1. The standard InChI is InChI=1S/C29H22N4O3S2/c30-38(35,36)21-16-14-20(15-17-21)31-27(34)28-32-33-29(37-28)25-12-6-4-10-22(25)24(18-19-8-2-1-3-9-19)23-11-5-7-13-26(23)29/h1-18,33H,(H,31,34)(H2,30,35,36). The number of rotatable bonds is 4. The van der Waals surface area contributed by atoms with Gasteiger partial charge >= 0.3 is 0 Å². The molecule has 1 aliphatic heterocycles. The van der Waals surface area contributed by atoms with Crippen molar-refractivity contribution < 1.29 is 13.2 Å². The highest BCUT2D eigenvalue weighted by Gasteiger charge is 2.48. The van der Waals surface area contributed by atoms with Gasteiger partial charge in [0.25, 0.3) is 5.91 Å². The molecule has 9 heteroatoms. The van der Waals surface area contributed by atoms with Gasteiger partial charge in [-0.15, -0.1) is 0 Å². The Morgan fingerprint density at radius 3 is 2.03 bits per heavy atom. The maximum Gasteiger partial charge on any atom is 0.282 e. The molecule has 38 heavy (non-hydrogen) atoms. The number of thioether (sulfide) groups is 1. The Hall–Kier alpha value is -4.18. The maximum atomic E-state index is 13.2. The molecular formula is C29H22N4O3S2. The number of fused-ring (bicyclic) bond motifs is 4. The summed E-state index contributed by atoms with van der Waals surface area (Å²) in [5.41, 5.74) is 10.1. The van der Waals surface area contributed by atoms with E-state index in [-0.39, 0.29) is 9.94 Å². The van der Waals surface area contributed by atoms with Crippen LogP contribution in [0.25, 0.3) is 11.6 Å².